The standard InChI is InChI=1S/C29H32N2O5/c1-34-24-9-10-26(27(16-24)35-2)30-28(33)29(31(19-32)18-25-8-5-13-36-25)12-11-22-14-20-6-3-4-7-21(20)15-23(22)17-29/h3-10,13,16,19,22-23H,11-12,14-15,17-18H2,1-2H3,(H,30,33)/t22-,23+,29-/m0/s1. The maximum Gasteiger partial charge on any atom is 0.250 e. The van der Waals surface area contributed by atoms with Gasteiger partial charge in [-0.1, -0.05) is 24.3 Å². The monoisotopic (exact) mass is 488 g/mol. The van der Waals surface area contributed by atoms with Crippen LogP contribution in [0.2, 0.25) is 0 Å². The molecule has 2 aliphatic carbocycles. The Bertz CT molecular complexity index is 1220. The Hall–Kier alpha value is -3.74. The summed E-state index contributed by atoms with van der Waals surface area (Å²) in [7, 11) is 3.14. The number of methoxy groups -OCH3 is 2. The first-order chi connectivity index (χ1) is 17.6. The summed E-state index contributed by atoms with van der Waals surface area (Å²) in [6.45, 7) is 0.234. The first-order valence-electron chi connectivity index (χ1n) is 12.4. The number of benzene rings is 2. The van der Waals surface area contributed by atoms with Crippen molar-refractivity contribution in [2.24, 2.45) is 11.8 Å². The van der Waals surface area contributed by atoms with Crippen molar-refractivity contribution in [1.82, 2.24) is 4.90 Å². The van der Waals surface area contributed by atoms with Crippen LogP contribution in [0.15, 0.2) is 65.3 Å². The van der Waals surface area contributed by atoms with Crippen molar-refractivity contribution >= 4 is 18.0 Å². The zero-order valence-corrected chi connectivity index (χ0v) is 20.7. The maximum atomic E-state index is 14.1. The van der Waals surface area contributed by atoms with Crippen molar-refractivity contribution in [3.8, 4) is 11.5 Å². The molecule has 1 saturated carbocycles. The predicted molar refractivity (Wildman–Crippen MR) is 136 cm³/mol. The number of carbonyl (C=O) groups is 2. The zero-order valence-electron chi connectivity index (χ0n) is 20.7. The zero-order chi connectivity index (χ0) is 25.1. The van der Waals surface area contributed by atoms with E-state index in [0.717, 1.165) is 25.7 Å². The third-order valence-electron chi connectivity index (χ3n) is 7.94. The third kappa shape index (κ3) is 4.45. The summed E-state index contributed by atoms with van der Waals surface area (Å²) in [5.74, 6) is 2.37. The van der Waals surface area contributed by atoms with Crippen molar-refractivity contribution in [2.75, 3.05) is 19.5 Å². The SMILES string of the molecule is COc1ccc(NC(=O)[C@]2(N(C=O)Cc3ccco3)CC[C@H]3Cc4ccccc4C[C@@H]3C2)c(OC)c1. The van der Waals surface area contributed by atoms with Crippen molar-refractivity contribution in [3.05, 3.63) is 77.7 Å². The number of nitrogens with one attached hydrogen (secondary N) is 1. The Morgan fingerprint density at radius 3 is 2.53 bits per heavy atom. The number of anilines is 1. The van der Waals surface area contributed by atoms with E-state index in [1.165, 1.54) is 11.1 Å². The molecule has 0 radical (unpaired) electrons. The van der Waals surface area contributed by atoms with Gasteiger partial charge in [0.15, 0.2) is 0 Å². The van der Waals surface area contributed by atoms with Crippen LogP contribution in [0, 0.1) is 11.8 Å². The summed E-state index contributed by atoms with van der Waals surface area (Å²) in [5, 5.41) is 3.08. The highest BCUT2D eigenvalue weighted by Gasteiger charge is 2.51. The molecule has 0 bridgehead atoms. The normalized spacial score (nSPS) is 22.6. The van der Waals surface area contributed by atoms with Gasteiger partial charge in [0.05, 0.1) is 32.7 Å². The quantitative estimate of drug-likeness (QED) is 0.459. The van der Waals surface area contributed by atoms with Crippen LogP contribution in [0.4, 0.5) is 5.69 Å². The van der Waals surface area contributed by atoms with Gasteiger partial charge in [0, 0.05) is 6.07 Å². The molecule has 1 N–H and O–H groups in total. The molecule has 5 rings (SSSR count). The summed E-state index contributed by atoms with van der Waals surface area (Å²) < 4.78 is 16.4. The number of fused-ring (bicyclic) bond motifs is 2. The van der Waals surface area contributed by atoms with E-state index < -0.39 is 5.54 Å². The van der Waals surface area contributed by atoms with Gasteiger partial charge in [0.2, 0.25) is 12.3 Å². The first-order valence-corrected chi connectivity index (χ1v) is 12.4. The van der Waals surface area contributed by atoms with E-state index in [1.54, 1.807) is 49.6 Å². The van der Waals surface area contributed by atoms with E-state index in [0.29, 0.717) is 47.6 Å². The molecule has 188 valence electrons. The number of hydrogen-bond acceptors (Lipinski definition) is 5. The average Bonchev–Trinajstić information content (AvgIpc) is 3.43. The Balaban J connectivity index is 1.48. The molecule has 7 heteroatoms. The minimum atomic E-state index is -1.01. The largest absolute Gasteiger partial charge is 0.497 e. The summed E-state index contributed by atoms with van der Waals surface area (Å²) in [4.78, 5) is 28.3. The number of rotatable bonds is 8. The second kappa shape index (κ2) is 10.1. The number of ether oxygens (including phenoxy) is 2. The summed E-state index contributed by atoms with van der Waals surface area (Å²) in [6, 6.07) is 17.5. The van der Waals surface area contributed by atoms with E-state index in [-0.39, 0.29) is 12.5 Å². The van der Waals surface area contributed by atoms with Gasteiger partial charge < -0.3 is 24.1 Å². The minimum absolute atomic E-state index is 0.207. The fraction of sp³-hybridized carbons (Fsp3) is 0.379. The molecule has 0 aliphatic heterocycles. The Kier molecular flexibility index (Phi) is 6.72. The molecule has 0 unspecified atom stereocenters. The molecular weight excluding hydrogens is 456 g/mol. The van der Waals surface area contributed by atoms with Gasteiger partial charge in [0.25, 0.3) is 0 Å². The van der Waals surface area contributed by atoms with Crippen LogP contribution in [-0.4, -0.2) is 37.0 Å². The lowest BCUT2D eigenvalue weighted by molar-refractivity contribution is -0.143. The second-order valence-electron chi connectivity index (χ2n) is 9.80. The van der Waals surface area contributed by atoms with E-state index in [2.05, 4.69) is 29.6 Å². The van der Waals surface area contributed by atoms with Crippen molar-refractivity contribution < 1.29 is 23.5 Å². The molecule has 3 aromatic rings. The van der Waals surface area contributed by atoms with E-state index >= 15 is 0 Å². The molecule has 1 aromatic heterocycles. The van der Waals surface area contributed by atoms with Gasteiger partial charge in [-0.2, -0.15) is 0 Å². The van der Waals surface area contributed by atoms with Crippen molar-refractivity contribution in [2.45, 2.75) is 44.2 Å². The van der Waals surface area contributed by atoms with E-state index in [4.69, 9.17) is 13.9 Å². The number of amides is 2. The minimum Gasteiger partial charge on any atom is -0.497 e. The van der Waals surface area contributed by atoms with Crippen LogP contribution in [0.25, 0.3) is 0 Å². The van der Waals surface area contributed by atoms with Crippen molar-refractivity contribution in [3.63, 3.8) is 0 Å². The Labute approximate surface area is 211 Å². The highest BCUT2D eigenvalue weighted by atomic mass is 16.5. The lowest BCUT2D eigenvalue weighted by Crippen LogP contribution is -2.60. The number of nitrogens with zero attached hydrogens (tertiary/aromatic N) is 1. The van der Waals surface area contributed by atoms with Gasteiger partial charge in [0.1, 0.15) is 22.8 Å². The molecule has 36 heavy (non-hydrogen) atoms. The molecule has 3 atom stereocenters. The summed E-state index contributed by atoms with van der Waals surface area (Å²) in [6.07, 6.45) is 6.36. The lowest BCUT2D eigenvalue weighted by Gasteiger charge is -2.49. The number of furan rings is 1. The topological polar surface area (TPSA) is 81.0 Å². The molecule has 7 nitrogen and oxygen atoms in total. The van der Waals surface area contributed by atoms with E-state index in [1.807, 2.05) is 6.07 Å². The van der Waals surface area contributed by atoms with Crippen LogP contribution >= 0.6 is 0 Å². The predicted octanol–water partition coefficient (Wildman–Crippen LogP) is 4.85. The molecular formula is C29H32N2O5. The van der Waals surface area contributed by atoms with Crippen molar-refractivity contribution in [1.29, 1.82) is 0 Å². The maximum absolute atomic E-state index is 14.1. The molecule has 0 spiro atoms. The van der Waals surface area contributed by atoms with Crippen LogP contribution in [-0.2, 0) is 29.0 Å². The van der Waals surface area contributed by atoms with Crippen LogP contribution in [0.5, 0.6) is 11.5 Å². The molecule has 1 fully saturated rings. The fourth-order valence-corrected chi connectivity index (χ4v) is 5.99. The molecule has 2 amide bonds. The fourth-order valence-electron chi connectivity index (χ4n) is 5.99. The van der Waals surface area contributed by atoms with Gasteiger partial charge in [-0.05, 0) is 79.3 Å². The molecule has 1 heterocycles. The molecule has 0 saturated heterocycles. The highest BCUT2D eigenvalue weighted by molar-refractivity contribution is 6.00. The van der Waals surface area contributed by atoms with Gasteiger partial charge >= 0.3 is 0 Å². The lowest BCUT2D eigenvalue weighted by atomic mass is 9.62. The van der Waals surface area contributed by atoms with Gasteiger partial charge in [-0.15, -0.1) is 0 Å². The smallest absolute Gasteiger partial charge is 0.250 e. The first kappa shape index (κ1) is 24.0. The number of hydrogen-bond donors (Lipinski definition) is 1. The molecule has 2 aromatic carbocycles. The Morgan fingerprint density at radius 2 is 1.86 bits per heavy atom. The van der Waals surface area contributed by atoms with Gasteiger partial charge in [-0.25, -0.2) is 0 Å². The van der Waals surface area contributed by atoms with E-state index in [9.17, 15) is 9.59 Å². The second-order valence-corrected chi connectivity index (χ2v) is 9.80. The summed E-state index contributed by atoms with van der Waals surface area (Å²) >= 11 is 0. The van der Waals surface area contributed by atoms with Crippen LogP contribution in [0.1, 0.15) is 36.1 Å². The van der Waals surface area contributed by atoms with Crippen LogP contribution < -0.4 is 14.8 Å². The third-order valence-corrected chi connectivity index (χ3v) is 7.94. The average molecular weight is 489 g/mol. The number of carbonyl (C=O) groups excluding carboxylic acids is 2. The van der Waals surface area contributed by atoms with Gasteiger partial charge in [-0.3, -0.25) is 9.59 Å². The molecule has 2 aliphatic rings. The summed E-state index contributed by atoms with van der Waals surface area (Å²) in [5.41, 5.74) is 2.28. The highest BCUT2D eigenvalue weighted by Crippen LogP contribution is 2.46. The van der Waals surface area contributed by atoms with Crippen LogP contribution in [0.3, 0.4) is 0 Å². The Morgan fingerprint density at radius 1 is 1.08 bits per heavy atom.